The zero-order valence-electron chi connectivity index (χ0n) is 15.3. The number of aromatic nitrogens is 1. The number of carbonyl (C=O) groups excluding carboxylic acids is 1. The molecule has 0 saturated heterocycles. The van der Waals surface area contributed by atoms with Crippen LogP contribution in [0.1, 0.15) is 15.9 Å². The number of rotatable bonds is 6. The van der Waals surface area contributed by atoms with Crippen LogP contribution < -0.4 is 14.8 Å². The molecule has 1 aromatic heterocycles. The Morgan fingerprint density at radius 1 is 1.00 bits per heavy atom. The molecule has 3 aromatic rings. The second-order valence-corrected chi connectivity index (χ2v) is 7.73. The molecule has 1 heterocycles. The van der Waals surface area contributed by atoms with E-state index in [0.29, 0.717) is 22.8 Å². The highest BCUT2D eigenvalue weighted by Crippen LogP contribution is 2.19. The minimum absolute atomic E-state index is 0.150. The lowest BCUT2D eigenvalue weighted by atomic mass is 10.2. The number of ether oxygens (including phenoxy) is 1. The molecule has 0 aliphatic rings. The summed E-state index contributed by atoms with van der Waals surface area (Å²) in [6.07, 6.45) is 1.47. The standard InChI is InChI=1S/C20H19N3O4S/c1-14-6-9-18(10-7-14)28(25,26)23-16-5-3-4-15(12-16)20(24)22-17-8-11-19(27-2)21-13-17/h3-13,23H,1-2H3,(H,22,24). The van der Waals surface area contributed by atoms with Gasteiger partial charge in [-0.2, -0.15) is 0 Å². The number of amides is 1. The normalized spacial score (nSPS) is 10.9. The van der Waals surface area contributed by atoms with Gasteiger partial charge in [0, 0.05) is 17.3 Å². The third-order valence-corrected chi connectivity index (χ3v) is 5.31. The van der Waals surface area contributed by atoms with Gasteiger partial charge in [-0.05, 0) is 43.3 Å². The summed E-state index contributed by atoms with van der Waals surface area (Å²) in [7, 11) is -2.24. The molecule has 7 nitrogen and oxygen atoms in total. The van der Waals surface area contributed by atoms with E-state index in [2.05, 4.69) is 15.0 Å². The monoisotopic (exact) mass is 397 g/mol. The Balaban J connectivity index is 1.75. The molecule has 0 fully saturated rings. The van der Waals surface area contributed by atoms with Crippen LogP contribution in [0, 0.1) is 6.92 Å². The van der Waals surface area contributed by atoms with Gasteiger partial charge in [0.1, 0.15) is 0 Å². The molecule has 8 heteroatoms. The summed E-state index contributed by atoms with van der Waals surface area (Å²) in [5.41, 5.74) is 2.06. The Bertz CT molecular complexity index is 1080. The SMILES string of the molecule is COc1ccc(NC(=O)c2cccc(NS(=O)(=O)c3ccc(C)cc3)c2)cn1. The summed E-state index contributed by atoms with van der Waals surface area (Å²) >= 11 is 0. The Labute approximate surface area is 163 Å². The van der Waals surface area contributed by atoms with E-state index in [9.17, 15) is 13.2 Å². The Morgan fingerprint density at radius 2 is 1.75 bits per heavy atom. The van der Waals surface area contributed by atoms with Crippen molar-refractivity contribution in [3.05, 3.63) is 78.0 Å². The van der Waals surface area contributed by atoms with E-state index in [-0.39, 0.29) is 10.8 Å². The largest absolute Gasteiger partial charge is 0.481 e. The zero-order chi connectivity index (χ0) is 20.1. The number of pyridine rings is 1. The van der Waals surface area contributed by atoms with Crippen LogP contribution in [0.4, 0.5) is 11.4 Å². The molecule has 0 spiro atoms. The smallest absolute Gasteiger partial charge is 0.261 e. The maximum Gasteiger partial charge on any atom is 0.261 e. The number of carbonyl (C=O) groups is 1. The Kier molecular flexibility index (Phi) is 5.60. The van der Waals surface area contributed by atoms with Crippen molar-refractivity contribution < 1.29 is 17.9 Å². The van der Waals surface area contributed by atoms with E-state index in [1.807, 2.05) is 6.92 Å². The molecule has 0 unspecified atom stereocenters. The van der Waals surface area contributed by atoms with Crippen molar-refractivity contribution in [3.8, 4) is 5.88 Å². The highest BCUT2D eigenvalue weighted by molar-refractivity contribution is 7.92. The van der Waals surface area contributed by atoms with E-state index in [0.717, 1.165) is 5.56 Å². The van der Waals surface area contributed by atoms with Crippen LogP contribution in [0.15, 0.2) is 71.8 Å². The minimum atomic E-state index is -3.74. The molecule has 0 bridgehead atoms. The third kappa shape index (κ3) is 4.66. The van der Waals surface area contributed by atoms with Gasteiger partial charge >= 0.3 is 0 Å². The predicted molar refractivity (Wildman–Crippen MR) is 107 cm³/mol. The fraction of sp³-hybridized carbons (Fsp3) is 0.100. The average Bonchev–Trinajstić information content (AvgIpc) is 2.69. The highest BCUT2D eigenvalue weighted by Gasteiger charge is 2.15. The first kappa shape index (κ1) is 19.4. The predicted octanol–water partition coefficient (Wildman–Crippen LogP) is 3.45. The van der Waals surface area contributed by atoms with Crippen LogP contribution in [-0.4, -0.2) is 26.4 Å². The van der Waals surface area contributed by atoms with Gasteiger partial charge in [0.15, 0.2) is 0 Å². The number of hydrogen-bond acceptors (Lipinski definition) is 5. The molecule has 28 heavy (non-hydrogen) atoms. The Morgan fingerprint density at radius 3 is 2.39 bits per heavy atom. The topological polar surface area (TPSA) is 97.4 Å². The molecular weight excluding hydrogens is 378 g/mol. The first-order valence-corrected chi connectivity index (χ1v) is 9.87. The number of benzene rings is 2. The number of nitrogens with zero attached hydrogens (tertiary/aromatic N) is 1. The summed E-state index contributed by atoms with van der Waals surface area (Å²) < 4.78 is 32.5. The van der Waals surface area contributed by atoms with Crippen LogP contribution in [-0.2, 0) is 10.0 Å². The van der Waals surface area contributed by atoms with Gasteiger partial charge in [-0.25, -0.2) is 13.4 Å². The molecule has 1 amide bonds. The van der Waals surface area contributed by atoms with Crippen LogP contribution in [0.25, 0.3) is 0 Å². The van der Waals surface area contributed by atoms with Crippen LogP contribution in [0.5, 0.6) is 5.88 Å². The molecule has 0 aliphatic carbocycles. The van der Waals surface area contributed by atoms with Crippen LogP contribution >= 0.6 is 0 Å². The van der Waals surface area contributed by atoms with Crippen molar-refractivity contribution in [2.24, 2.45) is 0 Å². The van der Waals surface area contributed by atoms with E-state index >= 15 is 0 Å². The number of methoxy groups -OCH3 is 1. The molecule has 2 N–H and O–H groups in total. The number of sulfonamides is 1. The summed E-state index contributed by atoms with van der Waals surface area (Å²) in [6.45, 7) is 1.88. The van der Waals surface area contributed by atoms with Crippen molar-refractivity contribution in [2.75, 3.05) is 17.1 Å². The number of aryl methyl sites for hydroxylation is 1. The summed E-state index contributed by atoms with van der Waals surface area (Å²) in [5.74, 6) is 0.0499. The number of hydrogen-bond donors (Lipinski definition) is 2. The number of nitrogens with one attached hydrogen (secondary N) is 2. The van der Waals surface area contributed by atoms with Gasteiger partial charge < -0.3 is 10.1 Å². The molecule has 0 radical (unpaired) electrons. The van der Waals surface area contributed by atoms with Crippen LogP contribution in [0.3, 0.4) is 0 Å². The zero-order valence-corrected chi connectivity index (χ0v) is 16.2. The molecule has 0 aliphatic heterocycles. The number of anilines is 2. The lowest BCUT2D eigenvalue weighted by molar-refractivity contribution is 0.102. The van der Waals surface area contributed by atoms with Crippen molar-refractivity contribution in [1.29, 1.82) is 0 Å². The second kappa shape index (κ2) is 8.10. The van der Waals surface area contributed by atoms with E-state index in [4.69, 9.17) is 4.74 Å². The highest BCUT2D eigenvalue weighted by atomic mass is 32.2. The van der Waals surface area contributed by atoms with Crippen molar-refractivity contribution in [1.82, 2.24) is 4.98 Å². The minimum Gasteiger partial charge on any atom is -0.481 e. The second-order valence-electron chi connectivity index (χ2n) is 6.04. The first-order chi connectivity index (χ1) is 13.4. The first-order valence-electron chi connectivity index (χ1n) is 8.38. The fourth-order valence-corrected chi connectivity index (χ4v) is 3.48. The molecule has 2 aromatic carbocycles. The van der Waals surface area contributed by atoms with Gasteiger partial charge in [0.05, 0.1) is 23.9 Å². The third-order valence-electron chi connectivity index (χ3n) is 3.91. The Hall–Kier alpha value is -3.39. The van der Waals surface area contributed by atoms with Gasteiger partial charge in [-0.15, -0.1) is 0 Å². The van der Waals surface area contributed by atoms with Gasteiger partial charge in [0.25, 0.3) is 15.9 Å². The lowest BCUT2D eigenvalue weighted by Gasteiger charge is -2.10. The lowest BCUT2D eigenvalue weighted by Crippen LogP contribution is -2.15. The maximum absolute atomic E-state index is 12.5. The van der Waals surface area contributed by atoms with Crippen molar-refractivity contribution in [2.45, 2.75) is 11.8 Å². The molecule has 0 atom stereocenters. The molecular formula is C20H19N3O4S. The van der Waals surface area contributed by atoms with E-state index in [1.54, 1.807) is 42.5 Å². The summed E-state index contributed by atoms with van der Waals surface area (Å²) in [6, 6.07) is 16.0. The summed E-state index contributed by atoms with van der Waals surface area (Å²) in [5, 5.41) is 2.70. The molecule has 3 rings (SSSR count). The quantitative estimate of drug-likeness (QED) is 0.664. The fourth-order valence-electron chi connectivity index (χ4n) is 2.43. The van der Waals surface area contributed by atoms with Crippen LogP contribution in [0.2, 0.25) is 0 Å². The summed E-state index contributed by atoms with van der Waals surface area (Å²) in [4.78, 5) is 16.6. The molecule has 144 valence electrons. The molecule has 0 saturated carbocycles. The van der Waals surface area contributed by atoms with Gasteiger partial charge in [0.2, 0.25) is 5.88 Å². The van der Waals surface area contributed by atoms with E-state index < -0.39 is 10.0 Å². The van der Waals surface area contributed by atoms with E-state index in [1.165, 1.54) is 31.5 Å². The van der Waals surface area contributed by atoms with Gasteiger partial charge in [-0.1, -0.05) is 23.8 Å². The maximum atomic E-state index is 12.5. The average molecular weight is 397 g/mol. The van der Waals surface area contributed by atoms with Gasteiger partial charge in [-0.3, -0.25) is 9.52 Å². The van der Waals surface area contributed by atoms with Crippen molar-refractivity contribution >= 4 is 27.3 Å². The van der Waals surface area contributed by atoms with Crippen molar-refractivity contribution in [3.63, 3.8) is 0 Å².